The van der Waals surface area contributed by atoms with Gasteiger partial charge in [-0.1, -0.05) is 125 Å². The van der Waals surface area contributed by atoms with Crippen LogP contribution >= 0.6 is 44.1 Å². The third-order valence-electron chi connectivity index (χ3n) is 5.61. The summed E-state index contributed by atoms with van der Waals surface area (Å²) in [5, 5.41) is 0. The van der Waals surface area contributed by atoms with Crippen molar-refractivity contribution in [1.82, 2.24) is 0 Å². The van der Waals surface area contributed by atoms with Crippen molar-refractivity contribution in [1.29, 1.82) is 0 Å². The fourth-order valence-electron chi connectivity index (χ4n) is 5.32. The van der Waals surface area contributed by atoms with E-state index in [1.54, 1.807) is 0 Å². The molecule has 0 unspecified atom stereocenters. The van der Waals surface area contributed by atoms with Crippen molar-refractivity contribution in [2.75, 3.05) is 55.5 Å². The summed E-state index contributed by atoms with van der Waals surface area (Å²) in [5.41, 5.74) is 0. The Morgan fingerprint density at radius 2 is 0.357 bits per heavy atom. The molecule has 0 nitrogen and oxygen atoms in total. The van der Waals surface area contributed by atoms with E-state index in [0.717, 1.165) is 53.3 Å². The van der Waals surface area contributed by atoms with Crippen LogP contribution in [0.2, 0.25) is 0 Å². The average molecular weight is 737 g/mol. The monoisotopic (exact) mass is 735 g/mol. The summed E-state index contributed by atoms with van der Waals surface area (Å²) in [7, 11) is 10.4. The van der Waals surface area contributed by atoms with Crippen LogP contribution in [0, 0.1) is 53.3 Å². The zero-order valence-corrected chi connectivity index (χ0v) is 37.2. The van der Waals surface area contributed by atoms with E-state index in [2.05, 4.69) is 125 Å². The molecule has 0 atom stereocenters. The first kappa shape index (κ1) is 51.2. The molecule has 0 saturated carbocycles. The zero-order valence-electron chi connectivity index (χ0n) is 32.0. The Kier molecular flexibility index (Phi) is 40.6. The summed E-state index contributed by atoms with van der Waals surface area (Å²) in [5.74, 6) is 8.03. The third kappa shape index (κ3) is 49.3. The van der Waals surface area contributed by atoms with E-state index in [1.165, 1.54) is 55.5 Å². The quantitative estimate of drug-likeness (QED) is 0.123. The van der Waals surface area contributed by atoms with Gasteiger partial charge >= 0.3 is 33.2 Å². The summed E-state index contributed by atoms with van der Waals surface area (Å²) in [6.07, 6.45) is 13.3. The SMILES string of the molecule is CC(C)CP(CC(C)C)CC(C)C.CC(C)CP(CC(C)C)CC(C)C.CC(C)CP(CC(C)C)CC(C)C.[Cl][Co][Cl]. The maximum absolute atomic E-state index is 4.73. The molecule has 0 aliphatic rings. The molecule has 0 aliphatic carbocycles. The van der Waals surface area contributed by atoms with Crippen LogP contribution in [-0.4, -0.2) is 55.5 Å². The molecule has 0 bridgehead atoms. The number of hydrogen-bond donors (Lipinski definition) is 0. The van der Waals surface area contributed by atoms with Gasteiger partial charge < -0.3 is 0 Å². The maximum atomic E-state index is 4.73. The molecule has 0 aromatic heterocycles. The van der Waals surface area contributed by atoms with Crippen molar-refractivity contribution >= 4 is 44.1 Å². The van der Waals surface area contributed by atoms with Gasteiger partial charge in [-0.25, -0.2) is 0 Å². The van der Waals surface area contributed by atoms with Gasteiger partial charge in [-0.3, -0.25) is 0 Å². The Balaban J connectivity index is -0.000000246. The van der Waals surface area contributed by atoms with E-state index in [4.69, 9.17) is 20.3 Å². The van der Waals surface area contributed by atoms with E-state index in [9.17, 15) is 0 Å². The molecule has 0 amide bonds. The van der Waals surface area contributed by atoms with Crippen LogP contribution in [0.3, 0.4) is 0 Å². The van der Waals surface area contributed by atoms with Gasteiger partial charge in [0.2, 0.25) is 0 Å². The van der Waals surface area contributed by atoms with Gasteiger partial charge in [-0.2, -0.15) is 0 Å². The Hall–Kier alpha value is 2.38. The molecule has 0 fully saturated rings. The molecule has 6 heteroatoms. The fraction of sp³-hybridized carbons (Fsp3) is 1.00. The van der Waals surface area contributed by atoms with Gasteiger partial charge in [0.1, 0.15) is 0 Å². The molecule has 42 heavy (non-hydrogen) atoms. The molecule has 0 heterocycles. The Labute approximate surface area is 288 Å². The van der Waals surface area contributed by atoms with Gasteiger partial charge in [-0.15, -0.1) is 23.8 Å². The van der Waals surface area contributed by atoms with E-state index >= 15 is 0 Å². The molecule has 263 valence electrons. The average Bonchev–Trinajstić information content (AvgIpc) is 2.70. The van der Waals surface area contributed by atoms with Crippen LogP contribution in [-0.2, 0) is 12.9 Å². The van der Waals surface area contributed by atoms with Crippen molar-refractivity contribution in [3.63, 3.8) is 0 Å². The molecular weight excluding hydrogens is 655 g/mol. The van der Waals surface area contributed by atoms with Crippen molar-refractivity contribution in [2.45, 2.75) is 125 Å². The van der Waals surface area contributed by atoms with Crippen LogP contribution in [0.4, 0.5) is 0 Å². The molecular formula is C36H81Cl2CoP3. The van der Waals surface area contributed by atoms with Crippen LogP contribution in [0.1, 0.15) is 125 Å². The number of rotatable bonds is 18. The summed E-state index contributed by atoms with van der Waals surface area (Å²) in [6.45, 7) is 42.4. The molecule has 0 aromatic rings. The first-order chi connectivity index (χ1) is 19.2. The van der Waals surface area contributed by atoms with E-state index in [1.807, 2.05) is 0 Å². The summed E-state index contributed by atoms with van der Waals surface area (Å²) in [4.78, 5) is 0. The molecule has 0 N–H and O–H groups in total. The van der Waals surface area contributed by atoms with Crippen molar-refractivity contribution < 1.29 is 12.9 Å². The molecule has 0 rings (SSSR count). The number of halogens is 2. The summed E-state index contributed by atoms with van der Waals surface area (Å²) >= 11 is 0.382. The standard InChI is InChI=1S/3C12H27P.2ClH.Co/c3*1-10(2)7-13(8-11(3)4)9-12(5)6;;;/h3*10-12H,7-9H2,1-6H3;2*1H;/q;;;;;+2/p-2. The Morgan fingerprint density at radius 3 is 0.405 bits per heavy atom. The topological polar surface area (TPSA) is 0 Å². The second kappa shape index (κ2) is 33.3. The zero-order chi connectivity index (χ0) is 34.0. The van der Waals surface area contributed by atoms with E-state index in [0.29, 0.717) is 36.7 Å². The minimum atomic E-state index is 0.321. The van der Waals surface area contributed by atoms with Crippen molar-refractivity contribution in [3.8, 4) is 0 Å². The predicted molar refractivity (Wildman–Crippen MR) is 210 cm³/mol. The second-order valence-electron chi connectivity index (χ2n) is 16.2. The summed E-state index contributed by atoms with van der Waals surface area (Å²) < 4.78 is 0. The second-order valence-corrected chi connectivity index (χ2v) is 25.3. The minimum absolute atomic E-state index is 0.321. The van der Waals surface area contributed by atoms with Crippen LogP contribution in [0.25, 0.3) is 0 Å². The van der Waals surface area contributed by atoms with Gasteiger partial charge in [0.05, 0.1) is 0 Å². The third-order valence-corrected chi connectivity index (χ3v) is 16.8. The van der Waals surface area contributed by atoms with Crippen LogP contribution in [0.15, 0.2) is 0 Å². The Bertz CT molecular complexity index is 381. The molecule has 0 aliphatic heterocycles. The molecule has 0 saturated heterocycles. The van der Waals surface area contributed by atoms with Gasteiger partial charge in [0.25, 0.3) is 0 Å². The van der Waals surface area contributed by atoms with Crippen molar-refractivity contribution in [2.24, 2.45) is 53.3 Å². The van der Waals surface area contributed by atoms with Crippen LogP contribution < -0.4 is 0 Å². The van der Waals surface area contributed by atoms with Crippen LogP contribution in [0.5, 0.6) is 0 Å². The Morgan fingerprint density at radius 1 is 0.286 bits per heavy atom. The molecule has 0 aromatic carbocycles. The fourth-order valence-corrected chi connectivity index (χ4v) is 16.0. The first-order valence-corrected chi connectivity index (χ1v) is 25.7. The van der Waals surface area contributed by atoms with Gasteiger partial charge in [-0.05, 0) is 109 Å². The normalized spacial score (nSPS) is 12.1. The van der Waals surface area contributed by atoms with Crippen molar-refractivity contribution in [3.05, 3.63) is 0 Å². The van der Waals surface area contributed by atoms with E-state index in [-0.39, 0.29) is 0 Å². The number of hydrogen-bond acceptors (Lipinski definition) is 0. The van der Waals surface area contributed by atoms with E-state index < -0.39 is 0 Å². The molecule has 0 spiro atoms. The first-order valence-electron chi connectivity index (χ1n) is 17.2. The predicted octanol–water partition coefficient (Wildman–Crippen LogP) is 14.7. The summed E-state index contributed by atoms with van der Waals surface area (Å²) in [6, 6.07) is 0. The van der Waals surface area contributed by atoms with Gasteiger partial charge in [0, 0.05) is 0 Å². The molecule has 0 radical (unpaired) electrons. The van der Waals surface area contributed by atoms with Gasteiger partial charge in [0.15, 0.2) is 0 Å².